The topological polar surface area (TPSA) is 81.8 Å². The number of fused-ring (bicyclic) bond motifs is 1. The van der Waals surface area contributed by atoms with Gasteiger partial charge in [-0.3, -0.25) is 9.78 Å². The van der Waals surface area contributed by atoms with Crippen LogP contribution in [0.2, 0.25) is 0 Å². The number of aromatic amines is 2. The lowest BCUT2D eigenvalue weighted by Crippen LogP contribution is -2.28. The summed E-state index contributed by atoms with van der Waals surface area (Å²) in [5.74, 6) is -0.0713. The lowest BCUT2D eigenvalue weighted by molar-refractivity contribution is 0.0797. The van der Waals surface area contributed by atoms with Crippen molar-refractivity contribution in [2.24, 2.45) is 0 Å². The predicted molar refractivity (Wildman–Crippen MR) is 83.8 cm³/mol. The largest absolute Gasteiger partial charge is 0.341 e. The van der Waals surface area contributed by atoms with Crippen LogP contribution >= 0.6 is 0 Å². The van der Waals surface area contributed by atoms with Crippen LogP contribution in [0.3, 0.4) is 0 Å². The first-order chi connectivity index (χ1) is 10.6. The lowest BCUT2D eigenvalue weighted by atomic mass is 10.1. The van der Waals surface area contributed by atoms with Gasteiger partial charge in [-0.1, -0.05) is 0 Å². The fourth-order valence-electron chi connectivity index (χ4n) is 2.33. The molecule has 1 amide bonds. The minimum Gasteiger partial charge on any atom is -0.341 e. The summed E-state index contributed by atoms with van der Waals surface area (Å²) in [4.78, 5) is 34.6. The summed E-state index contributed by atoms with van der Waals surface area (Å²) in [5.41, 5.74) is 2.75. The van der Waals surface area contributed by atoms with Crippen molar-refractivity contribution in [3.8, 4) is 0 Å². The van der Waals surface area contributed by atoms with Crippen molar-refractivity contribution in [2.45, 2.75) is 6.42 Å². The highest BCUT2D eigenvalue weighted by molar-refractivity contribution is 5.97. The molecule has 0 aliphatic rings. The number of hydrogen-bond acceptors (Lipinski definition) is 3. The van der Waals surface area contributed by atoms with Gasteiger partial charge in [0.1, 0.15) is 0 Å². The predicted octanol–water partition coefficient (Wildman–Crippen LogP) is 1.57. The second kappa shape index (κ2) is 5.85. The molecule has 6 heteroatoms. The van der Waals surface area contributed by atoms with Gasteiger partial charge in [0.05, 0.1) is 11.0 Å². The molecular formula is C16H16N4O2. The summed E-state index contributed by atoms with van der Waals surface area (Å²) in [6.07, 6.45) is 4.26. The first-order valence-electron chi connectivity index (χ1n) is 7.00. The van der Waals surface area contributed by atoms with Crippen LogP contribution in [0.1, 0.15) is 15.9 Å². The summed E-state index contributed by atoms with van der Waals surface area (Å²) in [7, 11) is 1.77. The Balaban J connectivity index is 1.72. The van der Waals surface area contributed by atoms with Crippen LogP contribution in [-0.2, 0) is 6.42 Å². The molecule has 0 unspecified atom stereocenters. The number of hydrogen-bond donors (Lipinski definition) is 2. The van der Waals surface area contributed by atoms with Crippen LogP contribution in [0, 0.1) is 0 Å². The van der Waals surface area contributed by atoms with Gasteiger partial charge in [0.15, 0.2) is 0 Å². The molecule has 0 saturated carbocycles. The normalized spacial score (nSPS) is 10.8. The van der Waals surface area contributed by atoms with E-state index in [0.717, 1.165) is 12.0 Å². The molecular weight excluding hydrogens is 280 g/mol. The maximum Gasteiger partial charge on any atom is 0.323 e. The van der Waals surface area contributed by atoms with E-state index in [0.29, 0.717) is 23.1 Å². The molecule has 0 spiro atoms. The average molecular weight is 296 g/mol. The molecule has 0 atom stereocenters. The SMILES string of the molecule is CN(CCc1ccncc1)C(=O)c1ccc2[nH]c(=O)[nH]c2c1. The van der Waals surface area contributed by atoms with Crippen molar-refractivity contribution in [1.82, 2.24) is 19.9 Å². The number of aromatic nitrogens is 3. The molecule has 3 rings (SSSR count). The Hall–Kier alpha value is -2.89. The molecule has 2 aromatic heterocycles. The minimum atomic E-state index is -0.273. The van der Waals surface area contributed by atoms with E-state index in [1.807, 2.05) is 12.1 Å². The Bertz CT molecular complexity index is 851. The van der Waals surface area contributed by atoms with Crippen molar-refractivity contribution in [1.29, 1.82) is 0 Å². The number of H-pyrrole nitrogens is 2. The van der Waals surface area contributed by atoms with E-state index in [4.69, 9.17) is 0 Å². The summed E-state index contributed by atoms with van der Waals surface area (Å²) in [5, 5.41) is 0. The smallest absolute Gasteiger partial charge is 0.323 e. The second-order valence-corrected chi connectivity index (χ2v) is 5.17. The highest BCUT2D eigenvalue weighted by Crippen LogP contribution is 2.12. The van der Waals surface area contributed by atoms with E-state index in [2.05, 4.69) is 15.0 Å². The van der Waals surface area contributed by atoms with Crippen LogP contribution in [0.15, 0.2) is 47.5 Å². The fourth-order valence-corrected chi connectivity index (χ4v) is 2.33. The zero-order valence-electron chi connectivity index (χ0n) is 12.2. The standard InChI is InChI=1S/C16H16N4O2/c1-20(9-6-11-4-7-17-8-5-11)15(21)12-2-3-13-14(10-12)19-16(22)18-13/h2-5,7-8,10H,6,9H2,1H3,(H2,18,19,22). The summed E-state index contributed by atoms with van der Waals surface area (Å²) < 4.78 is 0. The number of carbonyl (C=O) groups is 1. The fraction of sp³-hybridized carbons (Fsp3) is 0.188. The molecule has 22 heavy (non-hydrogen) atoms. The molecule has 6 nitrogen and oxygen atoms in total. The number of benzene rings is 1. The molecule has 2 N–H and O–H groups in total. The quantitative estimate of drug-likeness (QED) is 0.766. The molecule has 0 fully saturated rings. The molecule has 0 radical (unpaired) electrons. The van der Waals surface area contributed by atoms with Crippen molar-refractivity contribution in [3.05, 3.63) is 64.3 Å². The van der Waals surface area contributed by atoms with Crippen molar-refractivity contribution in [3.63, 3.8) is 0 Å². The van der Waals surface area contributed by atoms with Crippen molar-refractivity contribution < 1.29 is 4.79 Å². The number of likely N-dealkylation sites (N-methyl/N-ethyl adjacent to an activating group) is 1. The van der Waals surface area contributed by atoms with Gasteiger partial charge in [-0.05, 0) is 42.3 Å². The Kier molecular flexibility index (Phi) is 3.74. The Labute approximate surface area is 126 Å². The van der Waals surface area contributed by atoms with Gasteiger partial charge in [-0.15, -0.1) is 0 Å². The number of amides is 1. The number of carbonyl (C=O) groups excluding carboxylic acids is 1. The molecule has 0 saturated heterocycles. The molecule has 0 aliphatic heterocycles. The third kappa shape index (κ3) is 2.90. The number of rotatable bonds is 4. The third-order valence-electron chi connectivity index (χ3n) is 3.59. The van der Waals surface area contributed by atoms with E-state index in [-0.39, 0.29) is 11.6 Å². The first kappa shape index (κ1) is 14.1. The van der Waals surface area contributed by atoms with Crippen LogP contribution in [0.25, 0.3) is 11.0 Å². The van der Waals surface area contributed by atoms with E-state index >= 15 is 0 Å². The molecule has 3 aromatic rings. The summed E-state index contributed by atoms with van der Waals surface area (Å²) in [6.45, 7) is 0.616. The Morgan fingerprint density at radius 2 is 1.86 bits per heavy atom. The monoisotopic (exact) mass is 296 g/mol. The van der Waals surface area contributed by atoms with Gasteiger partial charge in [0, 0.05) is 31.5 Å². The van der Waals surface area contributed by atoms with Crippen molar-refractivity contribution >= 4 is 16.9 Å². The first-order valence-corrected chi connectivity index (χ1v) is 7.00. The lowest BCUT2D eigenvalue weighted by Gasteiger charge is -2.17. The minimum absolute atomic E-state index is 0.0713. The van der Waals surface area contributed by atoms with Crippen molar-refractivity contribution in [2.75, 3.05) is 13.6 Å². The molecule has 0 bridgehead atoms. The van der Waals surface area contributed by atoms with Crippen LogP contribution in [0.5, 0.6) is 0 Å². The second-order valence-electron chi connectivity index (χ2n) is 5.17. The van der Waals surface area contributed by atoms with Gasteiger partial charge < -0.3 is 14.9 Å². The molecule has 2 heterocycles. The highest BCUT2D eigenvalue weighted by Gasteiger charge is 2.12. The van der Waals surface area contributed by atoms with E-state index < -0.39 is 0 Å². The average Bonchev–Trinajstić information content (AvgIpc) is 2.92. The molecule has 1 aromatic carbocycles. The maximum absolute atomic E-state index is 12.4. The third-order valence-corrected chi connectivity index (χ3v) is 3.59. The number of imidazole rings is 1. The highest BCUT2D eigenvalue weighted by atomic mass is 16.2. The van der Waals surface area contributed by atoms with Gasteiger partial charge >= 0.3 is 5.69 Å². The summed E-state index contributed by atoms with van der Waals surface area (Å²) >= 11 is 0. The summed E-state index contributed by atoms with van der Waals surface area (Å²) in [6, 6.07) is 9.02. The van der Waals surface area contributed by atoms with Crippen LogP contribution in [-0.4, -0.2) is 39.4 Å². The van der Waals surface area contributed by atoms with Gasteiger partial charge in [0.25, 0.3) is 5.91 Å². The number of nitrogens with zero attached hydrogens (tertiary/aromatic N) is 2. The van der Waals surface area contributed by atoms with E-state index in [1.54, 1.807) is 42.5 Å². The van der Waals surface area contributed by atoms with Crippen LogP contribution < -0.4 is 5.69 Å². The number of pyridine rings is 1. The van der Waals surface area contributed by atoms with E-state index in [9.17, 15) is 9.59 Å². The maximum atomic E-state index is 12.4. The van der Waals surface area contributed by atoms with Gasteiger partial charge in [0.2, 0.25) is 0 Å². The van der Waals surface area contributed by atoms with Crippen LogP contribution in [0.4, 0.5) is 0 Å². The molecule has 112 valence electrons. The molecule has 0 aliphatic carbocycles. The van der Waals surface area contributed by atoms with E-state index in [1.165, 1.54) is 0 Å². The number of nitrogens with one attached hydrogen (secondary N) is 2. The Morgan fingerprint density at radius 1 is 1.14 bits per heavy atom. The van der Waals surface area contributed by atoms with Gasteiger partial charge in [-0.2, -0.15) is 0 Å². The van der Waals surface area contributed by atoms with Gasteiger partial charge in [-0.25, -0.2) is 4.79 Å². The zero-order valence-corrected chi connectivity index (χ0v) is 12.2. The Morgan fingerprint density at radius 3 is 2.64 bits per heavy atom. The zero-order chi connectivity index (χ0) is 15.5.